The van der Waals surface area contributed by atoms with Gasteiger partial charge in [0.1, 0.15) is 15.5 Å². The monoisotopic (exact) mass is 984 g/mol. The van der Waals surface area contributed by atoms with E-state index in [1.54, 1.807) is 31.6 Å². The molecule has 68 heavy (non-hydrogen) atoms. The predicted octanol–water partition coefficient (Wildman–Crippen LogP) is 6.83. The molecule has 4 aromatic carbocycles. The van der Waals surface area contributed by atoms with Crippen molar-refractivity contribution in [3.05, 3.63) is 132 Å². The summed E-state index contributed by atoms with van der Waals surface area (Å²) in [5.74, 6) is 0.832. The maximum atomic E-state index is 16.1. The third-order valence-corrected chi connectivity index (χ3v) is 20.7. The Morgan fingerprint density at radius 1 is 0.897 bits per heavy atom. The van der Waals surface area contributed by atoms with E-state index in [9.17, 15) is 9.90 Å². The number of ether oxygens (including phenoxy) is 1. The number of hydrogen-bond acceptors (Lipinski definition) is 12. The quantitative estimate of drug-likeness (QED) is 0.0576. The molecule has 1 aliphatic rings. The van der Waals surface area contributed by atoms with Crippen LogP contribution in [0.3, 0.4) is 0 Å². The van der Waals surface area contributed by atoms with E-state index in [4.69, 9.17) is 9.16 Å². The van der Waals surface area contributed by atoms with Crippen molar-refractivity contribution in [1.29, 1.82) is 0 Å². The number of hydrogen-bond donors (Lipinski definition) is 4. The maximum absolute atomic E-state index is 16.1. The van der Waals surface area contributed by atoms with E-state index >= 15 is 16.8 Å². The second-order valence-electron chi connectivity index (χ2n) is 18.3. The zero-order valence-electron chi connectivity index (χ0n) is 39.2. The number of rotatable bonds is 20. The summed E-state index contributed by atoms with van der Waals surface area (Å²) in [4.78, 5) is 20.2. The second kappa shape index (κ2) is 21.1. The van der Waals surface area contributed by atoms with E-state index in [0.29, 0.717) is 48.5 Å². The number of anilines is 1. The van der Waals surface area contributed by atoms with Crippen molar-refractivity contribution in [2.75, 3.05) is 38.2 Å². The van der Waals surface area contributed by atoms with Gasteiger partial charge in [-0.1, -0.05) is 93.6 Å². The highest BCUT2D eigenvalue weighted by Gasteiger charge is 2.42. The lowest BCUT2D eigenvalue weighted by molar-refractivity contribution is 0.163. The molecule has 0 unspecified atom stereocenters. The van der Waals surface area contributed by atoms with Crippen molar-refractivity contribution in [2.24, 2.45) is 0 Å². The average Bonchev–Trinajstić information content (AvgIpc) is 4.03. The number of amides is 1. The number of H-pyrrole nitrogens is 1. The summed E-state index contributed by atoms with van der Waals surface area (Å²) >= 11 is 0. The molecule has 1 amide bonds. The van der Waals surface area contributed by atoms with Crippen molar-refractivity contribution in [2.45, 2.75) is 93.2 Å². The van der Waals surface area contributed by atoms with Crippen molar-refractivity contribution < 1.29 is 35.9 Å². The number of piperidine rings is 1. The predicted molar refractivity (Wildman–Crippen MR) is 261 cm³/mol. The van der Waals surface area contributed by atoms with Gasteiger partial charge in [-0.3, -0.25) is 0 Å². The van der Waals surface area contributed by atoms with Crippen LogP contribution in [0.1, 0.15) is 61.9 Å². The molecule has 1 saturated heterocycles. The first kappa shape index (κ1) is 49.9. The van der Waals surface area contributed by atoms with Crippen LogP contribution in [-0.4, -0.2) is 110 Å². The van der Waals surface area contributed by atoms with Crippen LogP contribution in [0.4, 0.5) is 10.5 Å². The number of imidazole rings is 1. The molecule has 0 bridgehead atoms. The standard InChI is InChI=1S/C47H60N10O8S2Si/c1-47(2,3)68(5,6)65-39(27-49-46(58)59)28-51-66(60,61)42-22-21-41(55-25-23-37(24-26-55)40-29-48-33-50-40)43(45-52-53-54-57(45)32-36-17-19-38(64-4)20-18-36)44(42)67(62,63)56(30-34-13-9-7-10-14-34)31-35-15-11-8-12-16-35/h7-22,29,33,37,39,49,51H,23-28,30-32H2,1-6H3,(H,48,50)(H,58,59)/t39-/m1/s1. The van der Waals surface area contributed by atoms with Crippen LogP contribution in [0.2, 0.25) is 18.1 Å². The maximum Gasteiger partial charge on any atom is 0.404 e. The smallest absolute Gasteiger partial charge is 0.404 e. The molecule has 3 heterocycles. The Morgan fingerprint density at radius 2 is 1.53 bits per heavy atom. The Labute approximate surface area is 399 Å². The number of tetrazole rings is 1. The van der Waals surface area contributed by atoms with Gasteiger partial charge in [0.2, 0.25) is 20.0 Å². The molecule has 4 N–H and O–H groups in total. The van der Waals surface area contributed by atoms with Gasteiger partial charge in [-0.15, -0.1) is 5.10 Å². The summed E-state index contributed by atoms with van der Waals surface area (Å²) in [5.41, 5.74) is 3.56. The molecule has 6 aromatic rings. The highest BCUT2D eigenvalue weighted by molar-refractivity contribution is 7.92. The first-order valence-electron chi connectivity index (χ1n) is 22.4. The van der Waals surface area contributed by atoms with Gasteiger partial charge in [0.25, 0.3) is 0 Å². The number of carbonyl (C=O) groups is 1. The molecule has 0 spiro atoms. The molecule has 0 saturated carbocycles. The molecule has 18 nitrogen and oxygen atoms in total. The molecule has 0 aliphatic carbocycles. The van der Waals surface area contributed by atoms with Crippen LogP contribution in [0.25, 0.3) is 11.4 Å². The molecule has 21 heteroatoms. The third kappa shape index (κ3) is 11.8. The van der Waals surface area contributed by atoms with Crippen LogP contribution < -0.4 is 19.7 Å². The fraction of sp³-hybridized carbons (Fsp3) is 0.383. The van der Waals surface area contributed by atoms with Crippen molar-refractivity contribution in [1.82, 2.24) is 44.5 Å². The van der Waals surface area contributed by atoms with Gasteiger partial charge in [0.15, 0.2) is 14.1 Å². The fourth-order valence-corrected chi connectivity index (χ4v) is 12.8. The highest BCUT2D eigenvalue weighted by Crippen LogP contribution is 2.44. The molecule has 1 fully saturated rings. The number of methoxy groups -OCH3 is 1. The second-order valence-corrected chi connectivity index (χ2v) is 26.7. The number of aromatic nitrogens is 6. The first-order valence-corrected chi connectivity index (χ1v) is 28.2. The number of sulfonamides is 2. The van der Waals surface area contributed by atoms with Crippen LogP contribution in [-0.2, 0) is 44.1 Å². The van der Waals surface area contributed by atoms with Gasteiger partial charge < -0.3 is 29.5 Å². The fourth-order valence-electron chi connectivity index (χ4n) is 7.98. The molecule has 362 valence electrons. The van der Waals surface area contributed by atoms with Gasteiger partial charge in [-0.2, -0.15) is 4.31 Å². The number of aromatic amines is 1. The largest absolute Gasteiger partial charge is 0.497 e. The van der Waals surface area contributed by atoms with Crippen LogP contribution in [0, 0.1) is 0 Å². The van der Waals surface area contributed by atoms with Gasteiger partial charge in [-0.25, -0.2) is 36.0 Å². The minimum atomic E-state index is -4.85. The molecular formula is C47H60N10O8S2Si. The van der Waals surface area contributed by atoms with Gasteiger partial charge >= 0.3 is 6.09 Å². The van der Waals surface area contributed by atoms with Gasteiger partial charge in [0.05, 0.1) is 31.6 Å². The molecule has 2 aromatic heterocycles. The SMILES string of the molecule is COc1ccc(Cn2nnnc2-c2c(N3CCC(c4cnc[nH]4)CC3)ccc(S(=O)(=O)NC[C@@H](CNC(=O)O)O[Si](C)(C)C(C)(C)C)c2S(=O)(=O)N(Cc2ccccc2)Cc2ccccc2)cc1. The lowest BCUT2D eigenvalue weighted by Crippen LogP contribution is -2.50. The van der Waals surface area contributed by atoms with Crippen molar-refractivity contribution in [3.8, 4) is 17.1 Å². The zero-order valence-corrected chi connectivity index (χ0v) is 41.8. The van der Waals surface area contributed by atoms with E-state index in [0.717, 1.165) is 11.3 Å². The summed E-state index contributed by atoms with van der Waals surface area (Å²) < 4.78 is 80.0. The number of nitrogens with one attached hydrogen (secondary N) is 3. The molecule has 0 radical (unpaired) electrons. The van der Waals surface area contributed by atoms with E-state index < -0.39 is 50.4 Å². The minimum absolute atomic E-state index is 0.0131. The summed E-state index contributed by atoms with van der Waals surface area (Å²) in [6.45, 7) is 10.3. The molecule has 7 rings (SSSR count). The molecular weight excluding hydrogens is 925 g/mol. The summed E-state index contributed by atoms with van der Waals surface area (Å²) in [5, 5.41) is 24.5. The third-order valence-electron chi connectivity index (χ3n) is 12.7. The van der Waals surface area contributed by atoms with E-state index in [2.05, 4.69) is 40.4 Å². The van der Waals surface area contributed by atoms with Crippen molar-refractivity contribution >= 4 is 40.1 Å². The Hall–Kier alpha value is -5.97. The average molecular weight is 985 g/mol. The van der Waals surface area contributed by atoms with Gasteiger partial charge in [0, 0.05) is 62.8 Å². The summed E-state index contributed by atoms with van der Waals surface area (Å²) in [6.07, 6.45) is 2.59. The summed E-state index contributed by atoms with van der Waals surface area (Å²) in [6, 6.07) is 28.4. The Bertz CT molecular complexity index is 2800. The lowest BCUT2D eigenvalue weighted by Gasteiger charge is -2.39. The number of nitrogens with zero attached hydrogens (tertiary/aromatic N) is 7. The first-order chi connectivity index (χ1) is 32.4. The number of benzene rings is 4. The van der Waals surface area contributed by atoms with Gasteiger partial charge in [-0.05, 0) is 82.4 Å². The van der Waals surface area contributed by atoms with E-state index in [1.165, 1.54) is 15.1 Å². The van der Waals surface area contributed by atoms with Crippen LogP contribution in [0.15, 0.2) is 119 Å². The lowest BCUT2D eigenvalue weighted by atomic mass is 9.93. The van der Waals surface area contributed by atoms with Crippen molar-refractivity contribution in [3.63, 3.8) is 0 Å². The van der Waals surface area contributed by atoms with E-state index in [-0.39, 0.29) is 55.1 Å². The van der Waals surface area contributed by atoms with Crippen LogP contribution >= 0.6 is 0 Å². The minimum Gasteiger partial charge on any atom is -0.497 e. The Kier molecular flexibility index (Phi) is 15.5. The zero-order chi connectivity index (χ0) is 48.7. The molecule has 1 aliphatic heterocycles. The van der Waals surface area contributed by atoms with Crippen LogP contribution in [0.5, 0.6) is 5.75 Å². The summed E-state index contributed by atoms with van der Waals surface area (Å²) in [7, 11) is -10.7. The Morgan fingerprint density at radius 3 is 2.09 bits per heavy atom. The topological polar surface area (TPSA) is 227 Å². The highest BCUT2D eigenvalue weighted by atomic mass is 32.2. The van der Waals surface area contributed by atoms with E-state index in [1.807, 2.05) is 113 Å². The molecule has 1 atom stereocenters. The normalized spacial score (nSPS) is 14.5. The Balaban J connectivity index is 1.43. The number of carboxylic acid groups (broad SMARTS) is 1.